The Labute approximate surface area is 82.1 Å². The second kappa shape index (κ2) is 4.94. The molecule has 1 rings (SSSR count). The van der Waals surface area contributed by atoms with E-state index in [9.17, 15) is 0 Å². The Hall–Kier alpha value is -0.120. The minimum absolute atomic E-state index is 0.684. The van der Waals surface area contributed by atoms with Crippen molar-refractivity contribution in [2.75, 3.05) is 40.3 Å². The average Bonchev–Trinajstić information content (AvgIpc) is 2.03. The summed E-state index contributed by atoms with van der Waals surface area (Å²) in [5, 5.41) is 3.49. The van der Waals surface area contributed by atoms with E-state index in [1.165, 1.54) is 6.54 Å². The molecule has 0 aliphatic carbocycles. The third kappa shape index (κ3) is 2.93. The molecule has 0 aromatic carbocycles. The van der Waals surface area contributed by atoms with E-state index >= 15 is 0 Å². The number of hydrogen-bond acceptors (Lipinski definition) is 3. The zero-order valence-corrected chi connectivity index (χ0v) is 9.38. The largest absolute Gasteiger partial charge is 0.314 e. The molecular weight excluding hydrogens is 162 g/mol. The number of hydrogen-bond donors (Lipinski definition) is 1. The predicted molar refractivity (Wildman–Crippen MR) is 57.1 cm³/mol. The summed E-state index contributed by atoms with van der Waals surface area (Å²) in [5.74, 6) is 0. The van der Waals surface area contributed by atoms with Crippen LogP contribution in [-0.2, 0) is 0 Å². The van der Waals surface area contributed by atoms with Crippen molar-refractivity contribution >= 4 is 0 Å². The van der Waals surface area contributed by atoms with Gasteiger partial charge in [-0.3, -0.25) is 4.90 Å². The fourth-order valence-corrected chi connectivity index (χ4v) is 2.21. The van der Waals surface area contributed by atoms with E-state index < -0.39 is 0 Å². The van der Waals surface area contributed by atoms with Gasteiger partial charge in [0.15, 0.2) is 0 Å². The van der Waals surface area contributed by atoms with Crippen LogP contribution >= 0.6 is 0 Å². The zero-order valence-electron chi connectivity index (χ0n) is 9.38. The highest BCUT2D eigenvalue weighted by atomic mass is 15.3. The molecule has 1 heterocycles. The summed E-state index contributed by atoms with van der Waals surface area (Å²) in [7, 11) is 4.29. The van der Waals surface area contributed by atoms with Crippen LogP contribution in [0.1, 0.15) is 13.8 Å². The summed E-state index contributed by atoms with van der Waals surface area (Å²) in [5.41, 5.74) is 0. The lowest BCUT2D eigenvalue weighted by atomic mass is 10.1. The highest BCUT2D eigenvalue weighted by Crippen LogP contribution is 2.09. The first-order valence-electron chi connectivity index (χ1n) is 5.26. The Bertz CT molecular complexity index is 147. The minimum Gasteiger partial charge on any atom is -0.314 e. The predicted octanol–water partition coefficient (Wildman–Crippen LogP) is 0.230. The molecule has 13 heavy (non-hydrogen) atoms. The third-order valence-electron chi connectivity index (χ3n) is 2.80. The molecule has 2 unspecified atom stereocenters. The Morgan fingerprint density at radius 3 is 2.62 bits per heavy atom. The molecule has 1 aliphatic heterocycles. The highest BCUT2D eigenvalue weighted by Gasteiger charge is 2.26. The van der Waals surface area contributed by atoms with Crippen molar-refractivity contribution in [3.63, 3.8) is 0 Å². The summed E-state index contributed by atoms with van der Waals surface area (Å²) >= 11 is 0. The molecule has 1 saturated heterocycles. The fraction of sp³-hybridized carbons (Fsp3) is 1.00. The van der Waals surface area contributed by atoms with Gasteiger partial charge in [-0.1, -0.05) is 6.92 Å². The quantitative estimate of drug-likeness (QED) is 0.679. The lowest BCUT2D eigenvalue weighted by molar-refractivity contribution is 0.0933. The van der Waals surface area contributed by atoms with Gasteiger partial charge in [-0.05, 0) is 27.6 Å². The van der Waals surface area contributed by atoms with E-state index in [0.717, 1.165) is 19.6 Å². The maximum Gasteiger partial charge on any atom is 0.0350 e. The van der Waals surface area contributed by atoms with E-state index in [-0.39, 0.29) is 0 Å². The Morgan fingerprint density at radius 1 is 1.38 bits per heavy atom. The Balaban J connectivity index is 2.49. The smallest absolute Gasteiger partial charge is 0.0350 e. The molecule has 0 saturated carbocycles. The minimum atomic E-state index is 0.684. The molecule has 0 aromatic heterocycles. The highest BCUT2D eigenvalue weighted by molar-refractivity contribution is 4.85. The number of likely N-dealkylation sites (N-methyl/N-ethyl adjacent to an activating group) is 2. The number of nitrogens with one attached hydrogen (secondary N) is 1. The second-order valence-corrected chi connectivity index (χ2v) is 4.25. The van der Waals surface area contributed by atoms with Crippen molar-refractivity contribution in [2.24, 2.45) is 0 Å². The zero-order chi connectivity index (χ0) is 9.84. The summed E-state index contributed by atoms with van der Waals surface area (Å²) in [6.45, 7) is 9.16. The molecule has 1 aliphatic rings. The number of nitrogens with zero attached hydrogens (tertiary/aromatic N) is 2. The van der Waals surface area contributed by atoms with E-state index in [1.54, 1.807) is 0 Å². The standard InChI is InChI=1S/C10H23N3/c1-5-13-9(2)6-11-7-10(13)8-12(3)4/h9-11H,5-8H2,1-4H3. The van der Waals surface area contributed by atoms with Crippen molar-refractivity contribution in [2.45, 2.75) is 25.9 Å². The molecule has 0 amide bonds. The molecule has 2 atom stereocenters. The second-order valence-electron chi connectivity index (χ2n) is 4.25. The van der Waals surface area contributed by atoms with Crippen LogP contribution in [0.25, 0.3) is 0 Å². The van der Waals surface area contributed by atoms with Crippen LogP contribution in [0, 0.1) is 0 Å². The topological polar surface area (TPSA) is 18.5 Å². The van der Waals surface area contributed by atoms with Crippen molar-refractivity contribution < 1.29 is 0 Å². The number of rotatable bonds is 3. The van der Waals surface area contributed by atoms with Crippen molar-refractivity contribution in [1.82, 2.24) is 15.1 Å². The normalized spacial score (nSPS) is 31.2. The first kappa shape index (κ1) is 11.0. The molecule has 0 bridgehead atoms. The molecule has 1 fully saturated rings. The van der Waals surface area contributed by atoms with Gasteiger partial charge in [-0.15, -0.1) is 0 Å². The summed E-state index contributed by atoms with van der Waals surface area (Å²) < 4.78 is 0. The van der Waals surface area contributed by atoms with Gasteiger partial charge in [-0.25, -0.2) is 0 Å². The van der Waals surface area contributed by atoms with Crippen LogP contribution in [0.2, 0.25) is 0 Å². The molecule has 78 valence electrons. The van der Waals surface area contributed by atoms with Crippen LogP contribution in [0.5, 0.6) is 0 Å². The van der Waals surface area contributed by atoms with E-state index in [4.69, 9.17) is 0 Å². The van der Waals surface area contributed by atoms with Crippen molar-refractivity contribution in [3.8, 4) is 0 Å². The first-order valence-corrected chi connectivity index (χ1v) is 5.26. The van der Waals surface area contributed by atoms with Gasteiger partial charge in [-0.2, -0.15) is 0 Å². The van der Waals surface area contributed by atoms with Gasteiger partial charge in [0, 0.05) is 31.7 Å². The van der Waals surface area contributed by atoms with Gasteiger partial charge in [0.1, 0.15) is 0 Å². The van der Waals surface area contributed by atoms with Gasteiger partial charge >= 0.3 is 0 Å². The Kier molecular flexibility index (Phi) is 4.16. The monoisotopic (exact) mass is 185 g/mol. The van der Waals surface area contributed by atoms with Crippen LogP contribution in [0.4, 0.5) is 0 Å². The first-order chi connectivity index (χ1) is 6.15. The van der Waals surface area contributed by atoms with Crippen molar-refractivity contribution in [1.29, 1.82) is 0 Å². The van der Waals surface area contributed by atoms with Crippen LogP contribution in [0.15, 0.2) is 0 Å². The Morgan fingerprint density at radius 2 is 2.08 bits per heavy atom. The van der Waals surface area contributed by atoms with Crippen LogP contribution in [0.3, 0.4) is 0 Å². The van der Waals surface area contributed by atoms with E-state index in [1.807, 2.05) is 0 Å². The lowest BCUT2D eigenvalue weighted by Gasteiger charge is -2.41. The molecule has 0 aromatic rings. The molecule has 0 spiro atoms. The average molecular weight is 185 g/mol. The molecule has 3 heteroatoms. The molecule has 0 radical (unpaired) electrons. The van der Waals surface area contributed by atoms with Crippen LogP contribution < -0.4 is 5.32 Å². The maximum absolute atomic E-state index is 3.49. The van der Waals surface area contributed by atoms with E-state index in [0.29, 0.717) is 12.1 Å². The molecule has 3 nitrogen and oxygen atoms in total. The number of piperazine rings is 1. The van der Waals surface area contributed by atoms with Gasteiger partial charge in [0.2, 0.25) is 0 Å². The SMILES string of the molecule is CCN1C(C)CNCC1CN(C)C. The fourth-order valence-electron chi connectivity index (χ4n) is 2.21. The lowest BCUT2D eigenvalue weighted by Crippen LogP contribution is -2.58. The third-order valence-corrected chi connectivity index (χ3v) is 2.80. The van der Waals surface area contributed by atoms with E-state index in [2.05, 4.69) is 43.1 Å². The maximum atomic E-state index is 3.49. The van der Waals surface area contributed by atoms with Crippen molar-refractivity contribution in [3.05, 3.63) is 0 Å². The summed E-state index contributed by atoms with van der Waals surface area (Å²) in [4.78, 5) is 4.86. The van der Waals surface area contributed by atoms with Crippen LogP contribution in [-0.4, -0.2) is 62.2 Å². The van der Waals surface area contributed by atoms with Gasteiger partial charge < -0.3 is 10.2 Å². The summed E-state index contributed by atoms with van der Waals surface area (Å²) in [6.07, 6.45) is 0. The molecule has 1 N–H and O–H groups in total. The molecular formula is C10H23N3. The summed E-state index contributed by atoms with van der Waals surface area (Å²) in [6, 6.07) is 1.37. The van der Waals surface area contributed by atoms with Gasteiger partial charge in [0.25, 0.3) is 0 Å². The van der Waals surface area contributed by atoms with Gasteiger partial charge in [0.05, 0.1) is 0 Å².